The molecule has 0 saturated carbocycles. The SMILES string of the molecule is FCCn1ccc2cc(F)ccc21. The fourth-order valence-electron chi connectivity index (χ4n) is 1.46. The molecule has 1 aromatic carbocycles. The predicted octanol–water partition coefficient (Wildman–Crippen LogP) is 2.75. The van der Waals surface area contributed by atoms with Gasteiger partial charge in [-0.05, 0) is 24.3 Å². The highest BCUT2D eigenvalue weighted by Crippen LogP contribution is 2.16. The number of aryl methyl sites for hydroxylation is 1. The number of alkyl halides is 1. The van der Waals surface area contributed by atoms with Gasteiger partial charge in [0, 0.05) is 17.1 Å². The van der Waals surface area contributed by atoms with Crippen LogP contribution in [0, 0.1) is 5.82 Å². The third-order valence-corrected chi connectivity index (χ3v) is 2.06. The highest BCUT2D eigenvalue weighted by atomic mass is 19.1. The van der Waals surface area contributed by atoms with Crippen LogP contribution in [-0.2, 0) is 6.54 Å². The fraction of sp³-hybridized carbons (Fsp3) is 0.200. The van der Waals surface area contributed by atoms with E-state index in [9.17, 15) is 8.78 Å². The van der Waals surface area contributed by atoms with Crippen molar-refractivity contribution in [2.45, 2.75) is 6.54 Å². The predicted molar refractivity (Wildman–Crippen MR) is 47.9 cm³/mol. The van der Waals surface area contributed by atoms with Gasteiger partial charge in [-0.15, -0.1) is 0 Å². The Labute approximate surface area is 74.6 Å². The van der Waals surface area contributed by atoms with Gasteiger partial charge in [-0.2, -0.15) is 0 Å². The minimum atomic E-state index is -0.402. The summed E-state index contributed by atoms with van der Waals surface area (Å²) in [5.41, 5.74) is 0.874. The standard InChI is InChI=1S/C10H9F2N/c11-4-6-13-5-3-8-7-9(12)1-2-10(8)13/h1-3,5,7H,4,6H2. The second-order valence-corrected chi connectivity index (χ2v) is 2.90. The number of benzene rings is 1. The van der Waals surface area contributed by atoms with E-state index in [1.807, 2.05) is 0 Å². The van der Waals surface area contributed by atoms with Crippen LogP contribution in [0.2, 0.25) is 0 Å². The van der Waals surface area contributed by atoms with Crippen LogP contribution in [0.1, 0.15) is 0 Å². The van der Waals surface area contributed by atoms with Crippen LogP contribution >= 0.6 is 0 Å². The molecule has 0 spiro atoms. The number of hydrogen-bond acceptors (Lipinski definition) is 0. The maximum atomic E-state index is 12.7. The maximum Gasteiger partial charge on any atom is 0.123 e. The molecule has 0 N–H and O–H groups in total. The zero-order chi connectivity index (χ0) is 9.26. The molecule has 0 saturated heterocycles. The van der Waals surface area contributed by atoms with Gasteiger partial charge in [0.25, 0.3) is 0 Å². The van der Waals surface area contributed by atoms with Crippen LogP contribution in [0.15, 0.2) is 30.5 Å². The minimum Gasteiger partial charge on any atom is -0.345 e. The molecule has 2 aromatic rings. The second kappa shape index (κ2) is 3.17. The Bertz CT molecular complexity index is 420. The molecule has 0 aliphatic rings. The van der Waals surface area contributed by atoms with Crippen molar-refractivity contribution >= 4 is 10.9 Å². The summed E-state index contributed by atoms with van der Waals surface area (Å²) in [5.74, 6) is -0.259. The van der Waals surface area contributed by atoms with Crippen molar-refractivity contribution in [1.82, 2.24) is 4.57 Å². The summed E-state index contributed by atoms with van der Waals surface area (Å²) in [6.45, 7) is -0.0731. The van der Waals surface area contributed by atoms with Gasteiger partial charge in [-0.3, -0.25) is 0 Å². The molecule has 1 nitrogen and oxygen atoms in total. The van der Waals surface area contributed by atoms with E-state index in [1.165, 1.54) is 12.1 Å². The van der Waals surface area contributed by atoms with Gasteiger partial charge in [0.2, 0.25) is 0 Å². The van der Waals surface area contributed by atoms with Gasteiger partial charge in [-0.1, -0.05) is 0 Å². The first-order valence-electron chi connectivity index (χ1n) is 4.11. The van der Waals surface area contributed by atoms with Crippen molar-refractivity contribution < 1.29 is 8.78 Å². The van der Waals surface area contributed by atoms with Gasteiger partial charge in [-0.25, -0.2) is 8.78 Å². The third-order valence-electron chi connectivity index (χ3n) is 2.06. The molecule has 1 heterocycles. The van der Waals surface area contributed by atoms with E-state index in [1.54, 1.807) is 22.9 Å². The molecule has 0 amide bonds. The van der Waals surface area contributed by atoms with Crippen molar-refractivity contribution in [3.05, 3.63) is 36.3 Å². The third kappa shape index (κ3) is 1.41. The van der Waals surface area contributed by atoms with Gasteiger partial charge in [0.15, 0.2) is 0 Å². The quantitative estimate of drug-likeness (QED) is 0.671. The Balaban J connectivity index is 2.55. The van der Waals surface area contributed by atoms with Crippen LogP contribution in [0.5, 0.6) is 0 Å². The zero-order valence-electron chi connectivity index (χ0n) is 7.00. The molecular weight excluding hydrogens is 172 g/mol. The Kier molecular flexibility index (Phi) is 2.00. The Morgan fingerprint density at radius 3 is 2.85 bits per heavy atom. The summed E-state index contributed by atoms with van der Waals surface area (Å²) >= 11 is 0. The van der Waals surface area contributed by atoms with Gasteiger partial charge in [0.1, 0.15) is 12.5 Å². The van der Waals surface area contributed by atoms with E-state index in [4.69, 9.17) is 0 Å². The van der Waals surface area contributed by atoms with Crippen LogP contribution in [0.25, 0.3) is 10.9 Å². The largest absolute Gasteiger partial charge is 0.345 e. The van der Waals surface area contributed by atoms with E-state index in [0.29, 0.717) is 6.54 Å². The fourth-order valence-corrected chi connectivity index (χ4v) is 1.46. The lowest BCUT2D eigenvalue weighted by molar-refractivity contribution is 0.451. The van der Waals surface area contributed by atoms with Gasteiger partial charge >= 0.3 is 0 Å². The van der Waals surface area contributed by atoms with Crippen molar-refractivity contribution in [1.29, 1.82) is 0 Å². The summed E-state index contributed by atoms with van der Waals surface area (Å²) in [4.78, 5) is 0. The van der Waals surface area contributed by atoms with Crippen molar-refractivity contribution in [2.75, 3.05) is 6.67 Å². The molecule has 2 rings (SSSR count). The number of aromatic nitrogens is 1. The molecule has 68 valence electrons. The summed E-state index contributed by atoms with van der Waals surface area (Å²) in [7, 11) is 0. The Morgan fingerprint density at radius 2 is 2.08 bits per heavy atom. The normalized spacial score (nSPS) is 10.9. The van der Waals surface area contributed by atoms with Gasteiger partial charge in [0.05, 0.1) is 6.54 Å². The lowest BCUT2D eigenvalue weighted by Crippen LogP contribution is -1.96. The molecule has 0 unspecified atom stereocenters. The van der Waals surface area contributed by atoms with Crippen LogP contribution in [-0.4, -0.2) is 11.2 Å². The van der Waals surface area contributed by atoms with Crippen LogP contribution in [0.4, 0.5) is 8.78 Å². The van der Waals surface area contributed by atoms with Crippen molar-refractivity contribution in [3.63, 3.8) is 0 Å². The van der Waals surface area contributed by atoms with E-state index in [2.05, 4.69) is 0 Å². The van der Waals surface area contributed by atoms with Crippen molar-refractivity contribution in [3.8, 4) is 0 Å². The molecule has 13 heavy (non-hydrogen) atoms. The molecule has 0 radical (unpaired) electrons. The molecule has 1 aromatic heterocycles. The first kappa shape index (κ1) is 8.23. The molecule has 0 bridgehead atoms. The van der Waals surface area contributed by atoms with E-state index in [0.717, 1.165) is 10.9 Å². The van der Waals surface area contributed by atoms with Gasteiger partial charge < -0.3 is 4.57 Å². The number of nitrogens with zero attached hydrogens (tertiary/aromatic N) is 1. The molecule has 0 fully saturated rings. The molecule has 0 aliphatic heterocycles. The number of rotatable bonds is 2. The van der Waals surface area contributed by atoms with E-state index < -0.39 is 6.67 Å². The Morgan fingerprint density at radius 1 is 1.23 bits per heavy atom. The smallest absolute Gasteiger partial charge is 0.123 e. The Hall–Kier alpha value is -1.38. The first-order valence-corrected chi connectivity index (χ1v) is 4.11. The number of hydrogen-bond donors (Lipinski definition) is 0. The summed E-state index contributed by atoms with van der Waals surface area (Å²) in [6.07, 6.45) is 1.77. The molecule has 0 aliphatic carbocycles. The number of fused-ring (bicyclic) bond motifs is 1. The summed E-state index contributed by atoms with van der Waals surface area (Å²) < 4.78 is 26.6. The van der Waals surface area contributed by atoms with Crippen LogP contribution in [0.3, 0.4) is 0 Å². The van der Waals surface area contributed by atoms with Crippen molar-refractivity contribution in [2.24, 2.45) is 0 Å². The monoisotopic (exact) mass is 181 g/mol. The van der Waals surface area contributed by atoms with E-state index in [-0.39, 0.29) is 5.82 Å². The highest BCUT2D eigenvalue weighted by molar-refractivity contribution is 5.80. The highest BCUT2D eigenvalue weighted by Gasteiger charge is 2.00. The topological polar surface area (TPSA) is 4.93 Å². The van der Waals surface area contributed by atoms with E-state index >= 15 is 0 Å². The minimum absolute atomic E-state index is 0.259. The maximum absolute atomic E-state index is 12.7. The second-order valence-electron chi connectivity index (χ2n) is 2.90. The number of halogens is 2. The molecule has 3 heteroatoms. The summed E-state index contributed by atoms with van der Waals surface area (Å²) in [5, 5.41) is 0.813. The first-order chi connectivity index (χ1) is 6.31. The molecule has 0 atom stereocenters. The lowest BCUT2D eigenvalue weighted by atomic mass is 10.2. The average molecular weight is 181 g/mol. The lowest BCUT2D eigenvalue weighted by Gasteiger charge is -2.00. The summed E-state index contributed by atoms with van der Waals surface area (Å²) in [6, 6.07) is 6.29. The molecular formula is C10H9F2N. The zero-order valence-corrected chi connectivity index (χ0v) is 7.00. The van der Waals surface area contributed by atoms with Crippen LogP contribution < -0.4 is 0 Å². The average Bonchev–Trinajstić information content (AvgIpc) is 2.49.